The van der Waals surface area contributed by atoms with Gasteiger partial charge in [-0.2, -0.15) is 0 Å². The lowest BCUT2D eigenvalue weighted by Gasteiger charge is -2.31. The second-order valence-corrected chi connectivity index (χ2v) is 8.56. The van der Waals surface area contributed by atoms with E-state index in [1.807, 2.05) is 0 Å². The van der Waals surface area contributed by atoms with Crippen LogP contribution in [0.15, 0.2) is 0 Å². The Hall–Kier alpha value is -2.32. The molecule has 0 spiro atoms. The number of rotatable bonds is 8. The summed E-state index contributed by atoms with van der Waals surface area (Å²) in [7, 11) is 0. The molecule has 0 aromatic rings. The molecule has 1 rings (SSSR count). The molecule has 9 nitrogen and oxygen atoms in total. The molecule has 0 saturated heterocycles. The predicted octanol–water partition coefficient (Wildman–Crippen LogP) is 1.94. The lowest BCUT2D eigenvalue weighted by atomic mass is 9.83. The van der Waals surface area contributed by atoms with Crippen molar-refractivity contribution >= 4 is 23.9 Å². The van der Waals surface area contributed by atoms with Crippen LogP contribution in [0.5, 0.6) is 0 Å². The van der Waals surface area contributed by atoms with Crippen LogP contribution in [0.1, 0.15) is 73.1 Å². The first-order chi connectivity index (χ1) is 13.4. The first-order valence-corrected chi connectivity index (χ1v) is 10.3. The number of ether oxygens (including phenoxy) is 1. The van der Waals surface area contributed by atoms with Gasteiger partial charge in [0.2, 0.25) is 11.8 Å². The van der Waals surface area contributed by atoms with Crippen molar-refractivity contribution in [3.8, 4) is 0 Å². The summed E-state index contributed by atoms with van der Waals surface area (Å²) in [4.78, 5) is 48.5. The lowest BCUT2D eigenvalue weighted by Crippen LogP contribution is -2.57. The van der Waals surface area contributed by atoms with Gasteiger partial charge in [-0.15, -0.1) is 0 Å². The second kappa shape index (κ2) is 11.0. The van der Waals surface area contributed by atoms with Gasteiger partial charge in [0.05, 0.1) is 0 Å². The molecule has 1 saturated carbocycles. The minimum absolute atomic E-state index is 0.0473. The Morgan fingerprint density at radius 3 is 2.07 bits per heavy atom. The van der Waals surface area contributed by atoms with Gasteiger partial charge in [-0.25, -0.2) is 9.59 Å². The fourth-order valence-corrected chi connectivity index (χ4v) is 3.30. The van der Waals surface area contributed by atoms with Crippen LogP contribution in [0.2, 0.25) is 0 Å². The molecule has 29 heavy (non-hydrogen) atoms. The third-order valence-corrected chi connectivity index (χ3v) is 4.85. The predicted molar refractivity (Wildman–Crippen MR) is 107 cm³/mol. The molecule has 3 atom stereocenters. The summed E-state index contributed by atoms with van der Waals surface area (Å²) in [5.74, 6) is -2.25. The topological polar surface area (TPSA) is 134 Å². The first-order valence-electron chi connectivity index (χ1n) is 10.3. The van der Waals surface area contributed by atoms with Gasteiger partial charge in [0.1, 0.15) is 23.7 Å². The van der Waals surface area contributed by atoms with Gasteiger partial charge in [0, 0.05) is 0 Å². The summed E-state index contributed by atoms with van der Waals surface area (Å²) in [5.41, 5.74) is -0.698. The van der Waals surface area contributed by atoms with E-state index < -0.39 is 47.6 Å². The molecule has 1 fully saturated rings. The number of hydrogen-bond donors (Lipinski definition) is 4. The quantitative estimate of drug-likeness (QED) is 0.480. The normalized spacial score (nSPS) is 18.1. The number of hydrogen-bond acceptors (Lipinski definition) is 5. The zero-order valence-corrected chi connectivity index (χ0v) is 18.0. The van der Waals surface area contributed by atoms with Crippen LogP contribution in [0, 0.1) is 5.92 Å². The number of alkyl carbamates (subject to hydrolysis) is 1. The van der Waals surface area contributed by atoms with Crippen molar-refractivity contribution in [2.45, 2.75) is 96.9 Å². The maximum Gasteiger partial charge on any atom is 0.408 e. The van der Waals surface area contributed by atoms with Crippen molar-refractivity contribution in [2.24, 2.45) is 5.92 Å². The van der Waals surface area contributed by atoms with Gasteiger partial charge in [-0.3, -0.25) is 9.59 Å². The molecule has 4 N–H and O–H groups in total. The van der Waals surface area contributed by atoms with Crippen molar-refractivity contribution in [3.05, 3.63) is 0 Å². The van der Waals surface area contributed by atoms with E-state index in [1.54, 1.807) is 27.7 Å². The fourth-order valence-electron chi connectivity index (χ4n) is 3.30. The third kappa shape index (κ3) is 8.70. The van der Waals surface area contributed by atoms with E-state index in [0.29, 0.717) is 0 Å². The van der Waals surface area contributed by atoms with Crippen LogP contribution >= 0.6 is 0 Å². The van der Waals surface area contributed by atoms with Crippen LogP contribution in [0.4, 0.5) is 4.79 Å². The van der Waals surface area contributed by atoms with Crippen LogP contribution in [-0.2, 0) is 19.1 Å². The largest absolute Gasteiger partial charge is 0.480 e. The molecule has 166 valence electrons. The molecular weight excluding hydrogens is 378 g/mol. The number of carboxylic acids is 1. The Kier molecular flexibility index (Phi) is 9.39. The van der Waals surface area contributed by atoms with Crippen molar-refractivity contribution in [1.82, 2.24) is 16.0 Å². The molecule has 3 unspecified atom stereocenters. The molecule has 0 bridgehead atoms. The van der Waals surface area contributed by atoms with Crippen LogP contribution in [-0.4, -0.2) is 52.7 Å². The molecule has 3 amide bonds. The maximum atomic E-state index is 12.9. The molecule has 0 heterocycles. The Morgan fingerprint density at radius 1 is 1.00 bits per heavy atom. The van der Waals surface area contributed by atoms with Gasteiger partial charge in [-0.05, 0) is 52.9 Å². The average molecular weight is 414 g/mol. The van der Waals surface area contributed by atoms with E-state index in [2.05, 4.69) is 16.0 Å². The van der Waals surface area contributed by atoms with Crippen LogP contribution in [0.3, 0.4) is 0 Å². The highest BCUT2D eigenvalue weighted by atomic mass is 16.6. The summed E-state index contributed by atoms with van der Waals surface area (Å²) in [6.45, 7) is 8.34. The van der Waals surface area contributed by atoms with Crippen LogP contribution < -0.4 is 16.0 Å². The highest BCUT2D eigenvalue weighted by Crippen LogP contribution is 2.27. The molecule has 0 radical (unpaired) electrons. The summed E-state index contributed by atoms with van der Waals surface area (Å²) in [6.07, 6.45) is 4.17. The number of carbonyl (C=O) groups excluding carboxylic acids is 3. The smallest absolute Gasteiger partial charge is 0.408 e. The molecular formula is C20H35N3O6. The molecule has 1 aliphatic rings. The highest BCUT2D eigenvalue weighted by Gasteiger charge is 2.34. The van der Waals surface area contributed by atoms with E-state index in [0.717, 1.165) is 32.1 Å². The average Bonchev–Trinajstić information content (AvgIpc) is 2.62. The summed E-state index contributed by atoms with van der Waals surface area (Å²) < 4.78 is 5.28. The number of carboxylic acid groups (broad SMARTS) is 1. The number of nitrogens with one attached hydrogen (secondary N) is 3. The Morgan fingerprint density at radius 2 is 1.59 bits per heavy atom. The lowest BCUT2D eigenvalue weighted by molar-refractivity contribution is -0.142. The van der Waals surface area contributed by atoms with Crippen molar-refractivity contribution in [3.63, 3.8) is 0 Å². The van der Waals surface area contributed by atoms with Gasteiger partial charge >= 0.3 is 12.1 Å². The summed E-state index contributed by atoms with van der Waals surface area (Å²) in [5, 5.41) is 16.7. The Balaban J connectivity index is 2.80. The second-order valence-electron chi connectivity index (χ2n) is 8.56. The monoisotopic (exact) mass is 413 g/mol. The Labute approximate surface area is 172 Å². The minimum atomic E-state index is -1.13. The zero-order chi connectivity index (χ0) is 22.2. The Bertz CT molecular complexity index is 596. The summed E-state index contributed by atoms with van der Waals surface area (Å²) >= 11 is 0. The van der Waals surface area contributed by atoms with Crippen molar-refractivity contribution in [1.29, 1.82) is 0 Å². The maximum absolute atomic E-state index is 12.9. The van der Waals surface area contributed by atoms with Crippen molar-refractivity contribution in [2.75, 3.05) is 0 Å². The van der Waals surface area contributed by atoms with E-state index >= 15 is 0 Å². The molecule has 9 heteroatoms. The van der Waals surface area contributed by atoms with Gasteiger partial charge in [0.25, 0.3) is 0 Å². The van der Waals surface area contributed by atoms with Gasteiger partial charge in [0.15, 0.2) is 0 Å². The minimum Gasteiger partial charge on any atom is -0.480 e. The summed E-state index contributed by atoms with van der Waals surface area (Å²) in [6, 6.07) is -2.78. The van der Waals surface area contributed by atoms with Gasteiger partial charge < -0.3 is 25.8 Å². The fraction of sp³-hybridized carbons (Fsp3) is 0.800. The highest BCUT2D eigenvalue weighted by molar-refractivity contribution is 5.92. The number of aliphatic carboxylic acids is 1. The first kappa shape index (κ1) is 24.7. The molecule has 0 aromatic carbocycles. The van der Waals surface area contributed by atoms with Gasteiger partial charge in [-0.1, -0.05) is 26.2 Å². The molecule has 1 aliphatic carbocycles. The van der Waals surface area contributed by atoms with E-state index in [1.165, 1.54) is 6.92 Å². The molecule has 0 aromatic heterocycles. The standard InChI is InChI=1S/C20H35N3O6/c1-6-14(18(26)27)22-16(24)12(2)21-17(25)15(13-10-8-7-9-11-13)23-19(28)29-20(3,4)5/h12-15H,6-11H2,1-5H3,(H,21,25)(H,22,24)(H,23,28)(H,26,27). The third-order valence-electron chi connectivity index (χ3n) is 4.85. The molecule has 0 aliphatic heterocycles. The van der Waals surface area contributed by atoms with E-state index in [9.17, 15) is 19.2 Å². The number of amides is 3. The van der Waals surface area contributed by atoms with E-state index in [4.69, 9.17) is 9.84 Å². The van der Waals surface area contributed by atoms with Crippen molar-refractivity contribution < 1.29 is 29.0 Å². The van der Waals surface area contributed by atoms with E-state index in [-0.39, 0.29) is 12.3 Å². The number of carbonyl (C=O) groups is 4. The van der Waals surface area contributed by atoms with Crippen LogP contribution in [0.25, 0.3) is 0 Å². The SMILES string of the molecule is CCC(NC(=O)C(C)NC(=O)C(NC(=O)OC(C)(C)C)C1CCCCC1)C(=O)O. The zero-order valence-electron chi connectivity index (χ0n) is 18.0.